The molecule has 2 aromatic rings. The third-order valence-corrected chi connectivity index (χ3v) is 5.06. The summed E-state index contributed by atoms with van der Waals surface area (Å²) in [5, 5.41) is 16.3. The van der Waals surface area contributed by atoms with Crippen molar-refractivity contribution in [3.8, 4) is 0 Å². The standard InChI is InChI=1S/C21H22N4O5/c1-3-11-21(15-7-5-4-6-8-15)19(27)24(20(28)23-21)13-18(26)22-16-10-9-14(2)17(12-16)25(29)30/h4-10,12H,3,11,13H2,1-2H3,(H,22,26)(H,23,28)/t21-/m1/s1. The average Bonchev–Trinajstić information content (AvgIpc) is 2.95. The number of hydrogen-bond donors (Lipinski definition) is 2. The minimum Gasteiger partial charge on any atom is -0.324 e. The van der Waals surface area contributed by atoms with Gasteiger partial charge in [0, 0.05) is 17.3 Å². The van der Waals surface area contributed by atoms with E-state index in [2.05, 4.69) is 10.6 Å². The van der Waals surface area contributed by atoms with E-state index in [9.17, 15) is 24.5 Å². The second-order valence-corrected chi connectivity index (χ2v) is 7.15. The Bertz CT molecular complexity index is 1010. The first kappa shape index (κ1) is 21.0. The molecule has 0 radical (unpaired) electrons. The minimum atomic E-state index is -1.21. The first-order chi connectivity index (χ1) is 14.3. The summed E-state index contributed by atoms with van der Waals surface area (Å²) in [6.45, 7) is 3.00. The van der Waals surface area contributed by atoms with Gasteiger partial charge in [0.1, 0.15) is 12.1 Å². The Hall–Kier alpha value is -3.75. The van der Waals surface area contributed by atoms with Crippen LogP contribution < -0.4 is 10.6 Å². The summed E-state index contributed by atoms with van der Waals surface area (Å²) in [5.41, 5.74) is -0.0154. The van der Waals surface area contributed by atoms with Gasteiger partial charge in [-0.15, -0.1) is 0 Å². The molecule has 9 heteroatoms. The van der Waals surface area contributed by atoms with E-state index in [-0.39, 0.29) is 11.4 Å². The van der Waals surface area contributed by atoms with Crippen LogP contribution >= 0.6 is 0 Å². The van der Waals surface area contributed by atoms with Crippen molar-refractivity contribution in [2.75, 3.05) is 11.9 Å². The zero-order valence-electron chi connectivity index (χ0n) is 16.7. The maximum absolute atomic E-state index is 13.2. The Morgan fingerprint density at radius 3 is 2.53 bits per heavy atom. The number of nitrogens with zero attached hydrogens (tertiary/aromatic N) is 2. The largest absolute Gasteiger partial charge is 0.325 e. The van der Waals surface area contributed by atoms with Gasteiger partial charge in [-0.1, -0.05) is 49.7 Å². The molecule has 2 aromatic carbocycles. The van der Waals surface area contributed by atoms with Gasteiger partial charge in [-0.05, 0) is 25.0 Å². The van der Waals surface area contributed by atoms with E-state index in [4.69, 9.17) is 0 Å². The number of nitro groups is 1. The summed E-state index contributed by atoms with van der Waals surface area (Å²) >= 11 is 0. The molecular weight excluding hydrogens is 388 g/mol. The second kappa shape index (κ2) is 8.32. The first-order valence-corrected chi connectivity index (χ1v) is 9.53. The van der Waals surface area contributed by atoms with Crippen LogP contribution in [0.4, 0.5) is 16.2 Å². The Morgan fingerprint density at radius 1 is 1.20 bits per heavy atom. The number of rotatable bonds is 7. The Balaban J connectivity index is 1.79. The number of imide groups is 1. The lowest BCUT2D eigenvalue weighted by molar-refractivity contribution is -0.385. The monoisotopic (exact) mass is 410 g/mol. The fourth-order valence-electron chi connectivity index (χ4n) is 3.60. The molecule has 1 saturated heterocycles. The number of urea groups is 1. The van der Waals surface area contributed by atoms with Crippen LogP contribution in [0.25, 0.3) is 0 Å². The molecule has 0 spiro atoms. The molecule has 0 saturated carbocycles. The number of benzene rings is 2. The van der Waals surface area contributed by atoms with Crippen molar-refractivity contribution >= 4 is 29.2 Å². The van der Waals surface area contributed by atoms with Crippen LogP contribution in [0.3, 0.4) is 0 Å². The third-order valence-electron chi connectivity index (χ3n) is 5.06. The zero-order chi connectivity index (χ0) is 21.9. The number of nitro benzene ring substituents is 1. The number of carbonyl (C=O) groups is 3. The summed E-state index contributed by atoms with van der Waals surface area (Å²) in [4.78, 5) is 49.6. The summed E-state index contributed by atoms with van der Waals surface area (Å²) in [6, 6.07) is 12.5. The molecule has 1 heterocycles. The lowest BCUT2D eigenvalue weighted by Gasteiger charge is -2.26. The summed E-state index contributed by atoms with van der Waals surface area (Å²) < 4.78 is 0. The lowest BCUT2D eigenvalue weighted by atomic mass is 9.85. The van der Waals surface area contributed by atoms with Gasteiger partial charge in [-0.3, -0.25) is 24.6 Å². The predicted octanol–water partition coefficient (Wildman–Crippen LogP) is 3.09. The first-order valence-electron chi connectivity index (χ1n) is 9.53. The molecule has 9 nitrogen and oxygen atoms in total. The molecule has 2 N–H and O–H groups in total. The van der Waals surface area contributed by atoms with Gasteiger partial charge in [0.15, 0.2) is 0 Å². The molecule has 156 valence electrons. The molecule has 3 rings (SSSR count). The molecule has 0 unspecified atom stereocenters. The van der Waals surface area contributed by atoms with Crippen molar-refractivity contribution in [2.45, 2.75) is 32.2 Å². The van der Waals surface area contributed by atoms with Crippen LogP contribution in [-0.2, 0) is 15.1 Å². The minimum absolute atomic E-state index is 0.131. The number of hydrogen-bond acceptors (Lipinski definition) is 5. The quantitative estimate of drug-likeness (QED) is 0.413. The van der Waals surface area contributed by atoms with Crippen LogP contribution in [0.1, 0.15) is 30.9 Å². The third kappa shape index (κ3) is 3.86. The van der Waals surface area contributed by atoms with Crippen LogP contribution in [0.5, 0.6) is 0 Å². The van der Waals surface area contributed by atoms with Crippen molar-refractivity contribution in [1.82, 2.24) is 10.2 Å². The highest BCUT2D eigenvalue weighted by molar-refractivity contribution is 6.10. The number of amides is 4. The number of anilines is 1. The van der Waals surface area contributed by atoms with E-state index in [1.807, 2.05) is 13.0 Å². The normalized spacial score (nSPS) is 18.3. The topological polar surface area (TPSA) is 122 Å². The Labute approximate surface area is 173 Å². The van der Waals surface area contributed by atoms with Crippen molar-refractivity contribution in [1.29, 1.82) is 0 Å². The van der Waals surface area contributed by atoms with Crippen LogP contribution in [-0.4, -0.2) is 34.2 Å². The SMILES string of the molecule is CCC[C@]1(c2ccccc2)NC(=O)N(CC(=O)Nc2ccc(C)c([N+](=O)[O-])c2)C1=O. The second-order valence-electron chi connectivity index (χ2n) is 7.15. The van der Waals surface area contributed by atoms with Gasteiger partial charge in [0.25, 0.3) is 11.6 Å². The average molecular weight is 410 g/mol. The van der Waals surface area contributed by atoms with Gasteiger partial charge >= 0.3 is 6.03 Å². The van der Waals surface area contributed by atoms with Gasteiger partial charge in [-0.25, -0.2) is 4.79 Å². The molecule has 0 aliphatic carbocycles. The van der Waals surface area contributed by atoms with Gasteiger partial charge < -0.3 is 10.6 Å². The van der Waals surface area contributed by atoms with Gasteiger partial charge in [0.2, 0.25) is 5.91 Å². The van der Waals surface area contributed by atoms with E-state index in [0.717, 1.165) is 4.90 Å². The fourth-order valence-corrected chi connectivity index (χ4v) is 3.60. The highest BCUT2D eigenvalue weighted by Crippen LogP contribution is 2.33. The van der Waals surface area contributed by atoms with Gasteiger partial charge in [-0.2, -0.15) is 0 Å². The number of aryl methyl sites for hydroxylation is 1. The molecule has 0 aromatic heterocycles. The maximum Gasteiger partial charge on any atom is 0.325 e. The molecule has 0 bridgehead atoms. The Kier molecular flexibility index (Phi) is 5.81. The van der Waals surface area contributed by atoms with E-state index in [1.165, 1.54) is 18.2 Å². The molecule has 1 atom stereocenters. The zero-order valence-corrected chi connectivity index (χ0v) is 16.7. The summed E-state index contributed by atoms with van der Waals surface area (Å²) in [5.74, 6) is -1.12. The smallest absolute Gasteiger partial charge is 0.324 e. The molecule has 1 fully saturated rings. The number of carbonyl (C=O) groups excluding carboxylic acids is 3. The summed E-state index contributed by atoms with van der Waals surface area (Å²) in [6.07, 6.45) is 1.04. The highest BCUT2D eigenvalue weighted by Gasteiger charge is 2.52. The molecule has 1 aliphatic heterocycles. The maximum atomic E-state index is 13.2. The lowest BCUT2D eigenvalue weighted by Crippen LogP contribution is -2.44. The highest BCUT2D eigenvalue weighted by atomic mass is 16.6. The molecule has 4 amide bonds. The van der Waals surface area contributed by atoms with Crippen LogP contribution in [0.15, 0.2) is 48.5 Å². The molecule has 30 heavy (non-hydrogen) atoms. The van der Waals surface area contributed by atoms with E-state index in [1.54, 1.807) is 31.2 Å². The van der Waals surface area contributed by atoms with Crippen molar-refractivity contribution in [3.63, 3.8) is 0 Å². The number of nitrogens with one attached hydrogen (secondary N) is 2. The van der Waals surface area contributed by atoms with E-state index in [0.29, 0.717) is 24.0 Å². The van der Waals surface area contributed by atoms with Crippen molar-refractivity contribution < 1.29 is 19.3 Å². The van der Waals surface area contributed by atoms with E-state index >= 15 is 0 Å². The van der Waals surface area contributed by atoms with Crippen molar-refractivity contribution in [2.24, 2.45) is 0 Å². The summed E-state index contributed by atoms with van der Waals surface area (Å²) in [7, 11) is 0. The predicted molar refractivity (Wildman–Crippen MR) is 110 cm³/mol. The fraction of sp³-hybridized carbons (Fsp3) is 0.286. The van der Waals surface area contributed by atoms with Crippen molar-refractivity contribution in [3.05, 3.63) is 69.8 Å². The van der Waals surface area contributed by atoms with E-state index < -0.39 is 34.9 Å². The molecular formula is C21H22N4O5. The van der Waals surface area contributed by atoms with Crippen LogP contribution in [0, 0.1) is 17.0 Å². The molecule has 1 aliphatic rings. The van der Waals surface area contributed by atoms with Gasteiger partial charge in [0.05, 0.1) is 4.92 Å². The van der Waals surface area contributed by atoms with Crippen LogP contribution in [0.2, 0.25) is 0 Å². The Morgan fingerprint density at radius 2 is 1.90 bits per heavy atom.